The Kier molecular flexibility index (Phi) is 8.69. The molecule has 2 heterocycles. The number of aliphatic hydroxyl groups is 1. The molecule has 4 rings (SSSR count). The first-order valence-corrected chi connectivity index (χ1v) is 13.2. The molecule has 0 saturated carbocycles. The highest BCUT2D eigenvalue weighted by atomic mass is 16.5. The van der Waals surface area contributed by atoms with Crippen molar-refractivity contribution in [3.05, 3.63) is 83.4 Å². The predicted molar refractivity (Wildman–Crippen MR) is 148 cm³/mol. The number of carbonyl (C=O) groups is 2. The number of rotatable bonds is 9. The normalized spacial score (nSPS) is 20.1. The molecule has 0 bridgehead atoms. The molecule has 2 fully saturated rings. The van der Waals surface area contributed by atoms with E-state index in [4.69, 9.17) is 9.47 Å². The molecule has 1 N–H and O–H groups in total. The van der Waals surface area contributed by atoms with Gasteiger partial charge in [0.1, 0.15) is 18.1 Å². The zero-order valence-corrected chi connectivity index (χ0v) is 22.6. The second-order valence-electron chi connectivity index (χ2n) is 10.8. The largest absolute Gasteiger partial charge is 0.507 e. The van der Waals surface area contributed by atoms with E-state index in [1.807, 2.05) is 24.3 Å². The van der Waals surface area contributed by atoms with Crippen LogP contribution in [-0.2, 0) is 19.7 Å². The van der Waals surface area contributed by atoms with Gasteiger partial charge < -0.3 is 19.5 Å². The monoisotopic (exact) mass is 518 g/mol. The smallest absolute Gasteiger partial charge is 0.295 e. The Hall–Kier alpha value is -3.42. The zero-order valence-electron chi connectivity index (χ0n) is 22.6. The fourth-order valence-corrected chi connectivity index (χ4v) is 4.93. The first-order chi connectivity index (χ1) is 18.2. The summed E-state index contributed by atoms with van der Waals surface area (Å²) in [6.45, 7) is 14.8. The zero-order chi connectivity index (χ0) is 27.3. The Morgan fingerprint density at radius 3 is 2.32 bits per heavy atom. The first-order valence-electron chi connectivity index (χ1n) is 13.2. The second-order valence-corrected chi connectivity index (χ2v) is 10.8. The number of ketones is 1. The standard InChI is InChI=1S/C31H38N2O5/c1-5-19-38-25-13-9-23(10-14-25)28(34)26-27(22-7-11-24(12-8-22)31(2,3)4)33(30(36)29(26)35)16-6-15-32-17-20-37-21-18-32/h5,7-14,27,34H,1,6,15-21H2,2-4H3/b28-26-. The number of likely N-dealkylation sites (tertiary alicyclic amines) is 1. The van der Waals surface area contributed by atoms with Crippen LogP contribution in [0.15, 0.2) is 66.8 Å². The van der Waals surface area contributed by atoms with Crippen molar-refractivity contribution in [3.63, 3.8) is 0 Å². The molecule has 1 amide bonds. The lowest BCUT2D eigenvalue weighted by molar-refractivity contribution is -0.140. The third-order valence-electron chi connectivity index (χ3n) is 7.11. The van der Waals surface area contributed by atoms with Crippen LogP contribution in [0.2, 0.25) is 0 Å². The van der Waals surface area contributed by atoms with Gasteiger partial charge >= 0.3 is 0 Å². The fraction of sp³-hybridized carbons (Fsp3) is 0.419. The summed E-state index contributed by atoms with van der Waals surface area (Å²) in [6.07, 6.45) is 2.37. The van der Waals surface area contributed by atoms with Crippen LogP contribution >= 0.6 is 0 Å². The minimum atomic E-state index is -0.662. The van der Waals surface area contributed by atoms with Gasteiger partial charge in [-0.05, 0) is 47.2 Å². The van der Waals surface area contributed by atoms with Crippen LogP contribution in [0.5, 0.6) is 5.75 Å². The number of Topliss-reactive ketones (excluding diaryl/α,β-unsaturated/α-hetero) is 1. The lowest BCUT2D eigenvalue weighted by Gasteiger charge is -2.29. The topological polar surface area (TPSA) is 79.3 Å². The molecular weight excluding hydrogens is 480 g/mol. The first kappa shape index (κ1) is 27.6. The molecule has 0 radical (unpaired) electrons. The van der Waals surface area contributed by atoms with Crippen LogP contribution in [0, 0.1) is 0 Å². The summed E-state index contributed by atoms with van der Waals surface area (Å²) in [5.41, 5.74) is 2.49. The summed E-state index contributed by atoms with van der Waals surface area (Å²) >= 11 is 0. The van der Waals surface area contributed by atoms with E-state index >= 15 is 0 Å². The molecule has 38 heavy (non-hydrogen) atoms. The Morgan fingerprint density at radius 1 is 1.05 bits per heavy atom. The molecule has 2 aliphatic heterocycles. The molecule has 1 unspecified atom stereocenters. The minimum absolute atomic E-state index is 0.0338. The van der Waals surface area contributed by atoms with Gasteiger partial charge in [-0.1, -0.05) is 57.7 Å². The minimum Gasteiger partial charge on any atom is -0.507 e. The third-order valence-corrected chi connectivity index (χ3v) is 7.11. The number of ether oxygens (including phenoxy) is 2. The Labute approximate surface area is 225 Å². The number of hydrogen-bond donors (Lipinski definition) is 1. The number of aliphatic hydroxyl groups excluding tert-OH is 1. The van der Waals surface area contributed by atoms with Gasteiger partial charge in [0.05, 0.1) is 24.8 Å². The highest BCUT2D eigenvalue weighted by Gasteiger charge is 2.45. The molecule has 202 valence electrons. The summed E-state index contributed by atoms with van der Waals surface area (Å²) in [4.78, 5) is 30.5. The highest BCUT2D eigenvalue weighted by Crippen LogP contribution is 2.40. The lowest BCUT2D eigenvalue weighted by atomic mass is 9.85. The van der Waals surface area contributed by atoms with E-state index < -0.39 is 17.7 Å². The van der Waals surface area contributed by atoms with E-state index in [0.717, 1.165) is 37.2 Å². The number of carbonyl (C=O) groups excluding carboxylic acids is 2. The molecule has 0 spiro atoms. The van der Waals surface area contributed by atoms with Crippen LogP contribution in [0.4, 0.5) is 0 Å². The van der Waals surface area contributed by atoms with Gasteiger partial charge in [0.15, 0.2) is 0 Å². The van der Waals surface area contributed by atoms with Gasteiger partial charge in [-0.15, -0.1) is 0 Å². The number of amides is 1. The molecule has 1 atom stereocenters. The van der Waals surface area contributed by atoms with E-state index in [-0.39, 0.29) is 16.7 Å². The number of benzene rings is 2. The number of morpholine rings is 1. The van der Waals surface area contributed by atoms with E-state index in [1.165, 1.54) is 0 Å². The SMILES string of the molecule is C=CCOc1ccc(/C(O)=C2/C(=O)C(=O)N(CCCN3CCOCC3)C2c2ccc(C(C)(C)C)cc2)cc1. The van der Waals surface area contributed by atoms with E-state index in [9.17, 15) is 14.7 Å². The van der Waals surface area contributed by atoms with Crippen molar-refractivity contribution in [2.24, 2.45) is 0 Å². The second kappa shape index (κ2) is 12.0. The molecule has 2 aliphatic rings. The van der Waals surface area contributed by atoms with Crippen molar-refractivity contribution in [1.29, 1.82) is 0 Å². The average Bonchev–Trinajstić information content (AvgIpc) is 3.17. The Morgan fingerprint density at radius 2 is 1.71 bits per heavy atom. The third kappa shape index (κ3) is 6.17. The number of nitrogens with zero attached hydrogens (tertiary/aromatic N) is 2. The molecule has 2 aromatic carbocycles. The van der Waals surface area contributed by atoms with Gasteiger partial charge in [-0.2, -0.15) is 0 Å². The van der Waals surface area contributed by atoms with E-state index in [0.29, 0.717) is 37.7 Å². The van der Waals surface area contributed by atoms with Crippen molar-refractivity contribution in [1.82, 2.24) is 9.80 Å². The lowest BCUT2D eigenvalue weighted by Crippen LogP contribution is -2.39. The van der Waals surface area contributed by atoms with Crippen LogP contribution < -0.4 is 4.74 Å². The Bertz CT molecular complexity index is 1170. The van der Waals surface area contributed by atoms with Crippen molar-refractivity contribution in [2.45, 2.75) is 38.6 Å². The van der Waals surface area contributed by atoms with Crippen LogP contribution in [-0.4, -0.2) is 72.6 Å². The number of hydrogen-bond acceptors (Lipinski definition) is 6. The molecule has 0 aromatic heterocycles. The molecule has 2 saturated heterocycles. The average molecular weight is 519 g/mol. The van der Waals surface area contributed by atoms with E-state index in [2.05, 4.69) is 32.3 Å². The van der Waals surface area contributed by atoms with Gasteiger partial charge in [0.2, 0.25) is 0 Å². The fourth-order valence-electron chi connectivity index (χ4n) is 4.93. The maximum absolute atomic E-state index is 13.3. The van der Waals surface area contributed by atoms with Crippen LogP contribution in [0.3, 0.4) is 0 Å². The van der Waals surface area contributed by atoms with Gasteiger partial charge in [-0.3, -0.25) is 14.5 Å². The molecular formula is C31H38N2O5. The summed E-state index contributed by atoms with van der Waals surface area (Å²) < 4.78 is 11.0. The molecule has 7 nitrogen and oxygen atoms in total. The highest BCUT2D eigenvalue weighted by molar-refractivity contribution is 6.46. The van der Waals surface area contributed by atoms with Crippen molar-refractivity contribution in [3.8, 4) is 5.75 Å². The van der Waals surface area contributed by atoms with Gasteiger partial charge in [-0.25, -0.2) is 0 Å². The summed E-state index contributed by atoms with van der Waals surface area (Å²) in [5, 5.41) is 11.3. The van der Waals surface area contributed by atoms with Crippen molar-refractivity contribution in [2.75, 3.05) is 46.0 Å². The van der Waals surface area contributed by atoms with Crippen molar-refractivity contribution >= 4 is 17.4 Å². The molecule has 7 heteroatoms. The summed E-state index contributed by atoms with van der Waals surface area (Å²) in [7, 11) is 0. The van der Waals surface area contributed by atoms with Gasteiger partial charge in [0.25, 0.3) is 11.7 Å². The summed E-state index contributed by atoms with van der Waals surface area (Å²) in [6, 6.07) is 14.2. The van der Waals surface area contributed by atoms with Gasteiger partial charge in [0, 0.05) is 31.7 Å². The summed E-state index contributed by atoms with van der Waals surface area (Å²) in [5.74, 6) is -0.798. The molecule has 2 aromatic rings. The van der Waals surface area contributed by atoms with E-state index in [1.54, 1.807) is 35.2 Å². The van der Waals surface area contributed by atoms with Crippen LogP contribution in [0.1, 0.15) is 49.9 Å². The predicted octanol–water partition coefficient (Wildman–Crippen LogP) is 4.69. The van der Waals surface area contributed by atoms with Crippen molar-refractivity contribution < 1.29 is 24.2 Å². The maximum Gasteiger partial charge on any atom is 0.295 e. The Balaban J connectivity index is 1.67. The van der Waals surface area contributed by atoms with Crippen LogP contribution in [0.25, 0.3) is 5.76 Å². The molecule has 0 aliphatic carbocycles. The maximum atomic E-state index is 13.3. The quantitative estimate of drug-likeness (QED) is 0.225.